The third kappa shape index (κ3) is 4.70. The molecule has 1 aromatic carbocycles. The Hall–Kier alpha value is -2.13. The Morgan fingerprint density at radius 3 is 2.56 bits per heavy atom. The molecule has 3 rings (SSSR count). The molecule has 2 heterocycles. The summed E-state index contributed by atoms with van der Waals surface area (Å²) in [5.41, 5.74) is 6.83. The second kappa shape index (κ2) is 7.40. The van der Waals surface area contributed by atoms with E-state index < -0.39 is 6.36 Å². The van der Waals surface area contributed by atoms with Gasteiger partial charge in [-0.15, -0.1) is 18.3 Å². The number of hydrogen-bond donors (Lipinski definition) is 1. The highest BCUT2D eigenvalue weighted by Gasteiger charge is 2.32. The van der Waals surface area contributed by atoms with Crippen LogP contribution in [0.3, 0.4) is 0 Å². The molecule has 0 amide bonds. The summed E-state index contributed by atoms with van der Waals surface area (Å²) in [5, 5.41) is 8.09. The summed E-state index contributed by atoms with van der Waals surface area (Å²) in [5.74, 6) is -0.138. The van der Waals surface area contributed by atoms with Crippen molar-refractivity contribution < 1.29 is 17.9 Å². The fraction of sp³-hybridized carbons (Fsp3) is 0.500. The van der Waals surface area contributed by atoms with Crippen LogP contribution in [-0.4, -0.2) is 39.3 Å². The minimum atomic E-state index is -4.68. The number of nitrogens with zero attached hydrogens (tertiary/aromatic N) is 4. The highest BCUT2D eigenvalue weighted by molar-refractivity contribution is 5.33. The van der Waals surface area contributed by atoms with E-state index in [2.05, 4.69) is 19.9 Å². The van der Waals surface area contributed by atoms with E-state index >= 15 is 0 Å². The lowest BCUT2D eigenvalue weighted by Crippen LogP contribution is -2.34. The molecule has 0 aliphatic carbocycles. The molecular formula is C16H20F3N5O. The summed E-state index contributed by atoms with van der Waals surface area (Å²) in [6.07, 6.45) is -1.12. The van der Waals surface area contributed by atoms with Gasteiger partial charge >= 0.3 is 6.36 Å². The topological polar surface area (TPSA) is 69.2 Å². The lowest BCUT2D eigenvalue weighted by Gasteiger charge is -2.32. The first-order valence-electron chi connectivity index (χ1n) is 8.11. The van der Waals surface area contributed by atoms with E-state index in [-0.39, 0.29) is 11.8 Å². The Bertz CT molecular complexity index is 695. The van der Waals surface area contributed by atoms with E-state index in [1.807, 2.05) is 10.9 Å². The van der Waals surface area contributed by atoms with Crippen molar-refractivity contribution in [3.05, 3.63) is 41.7 Å². The predicted octanol–water partition coefficient (Wildman–Crippen LogP) is 2.47. The third-order valence-electron chi connectivity index (χ3n) is 4.29. The van der Waals surface area contributed by atoms with Crippen molar-refractivity contribution in [1.82, 2.24) is 19.9 Å². The van der Waals surface area contributed by atoms with Crippen LogP contribution >= 0.6 is 0 Å². The zero-order chi connectivity index (χ0) is 17.9. The second-order valence-electron chi connectivity index (χ2n) is 6.06. The molecule has 1 saturated heterocycles. The number of piperidine rings is 1. The lowest BCUT2D eigenvalue weighted by molar-refractivity contribution is -0.275. The Morgan fingerprint density at radius 1 is 1.20 bits per heavy atom. The number of alkyl halides is 3. The van der Waals surface area contributed by atoms with Crippen LogP contribution in [0.4, 0.5) is 13.2 Å². The maximum absolute atomic E-state index is 12.5. The summed E-state index contributed by atoms with van der Waals surface area (Å²) in [4.78, 5) is 2.12. The minimum absolute atomic E-state index is 0.138. The molecule has 0 saturated carbocycles. The molecular weight excluding hydrogens is 335 g/mol. The van der Waals surface area contributed by atoms with Crippen molar-refractivity contribution in [3.63, 3.8) is 0 Å². The van der Waals surface area contributed by atoms with Crippen LogP contribution in [0.2, 0.25) is 0 Å². The van der Waals surface area contributed by atoms with Gasteiger partial charge in [-0.05, 0) is 18.9 Å². The van der Waals surface area contributed by atoms with Crippen LogP contribution in [-0.2, 0) is 13.1 Å². The van der Waals surface area contributed by atoms with Crippen molar-refractivity contribution in [1.29, 1.82) is 0 Å². The van der Waals surface area contributed by atoms with Gasteiger partial charge in [0, 0.05) is 31.7 Å². The second-order valence-corrected chi connectivity index (χ2v) is 6.06. The summed E-state index contributed by atoms with van der Waals surface area (Å²) >= 11 is 0. The molecule has 0 radical (unpaired) electrons. The number of nitrogens with two attached hydrogens (primary N) is 1. The largest absolute Gasteiger partial charge is 0.573 e. The van der Waals surface area contributed by atoms with E-state index in [1.54, 1.807) is 12.1 Å². The predicted molar refractivity (Wildman–Crippen MR) is 84.6 cm³/mol. The van der Waals surface area contributed by atoms with Gasteiger partial charge < -0.3 is 10.5 Å². The standard InChI is InChI=1S/C16H20F3N5O/c17-16(18,19)25-15-4-2-1-3-12(15)10-23-7-5-14(6-8-23)24-11-13(9-20)21-22-24/h1-4,11,14H,5-10,20H2. The first-order valence-corrected chi connectivity index (χ1v) is 8.11. The number of aromatic nitrogens is 3. The number of likely N-dealkylation sites (tertiary alicyclic amines) is 1. The molecule has 0 spiro atoms. The van der Waals surface area contributed by atoms with Gasteiger partial charge in [-0.25, -0.2) is 4.68 Å². The van der Waals surface area contributed by atoms with E-state index in [1.165, 1.54) is 12.1 Å². The van der Waals surface area contributed by atoms with Crippen LogP contribution in [0, 0.1) is 0 Å². The highest BCUT2D eigenvalue weighted by atomic mass is 19.4. The molecule has 1 aromatic heterocycles. The Kier molecular flexibility index (Phi) is 5.24. The number of halogens is 3. The van der Waals surface area contributed by atoms with E-state index in [0.29, 0.717) is 18.7 Å². The van der Waals surface area contributed by atoms with E-state index in [0.717, 1.165) is 31.6 Å². The van der Waals surface area contributed by atoms with Gasteiger partial charge in [-0.1, -0.05) is 23.4 Å². The van der Waals surface area contributed by atoms with Crippen molar-refractivity contribution in [2.45, 2.75) is 38.3 Å². The van der Waals surface area contributed by atoms with Crippen LogP contribution in [0.5, 0.6) is 5.75 Å². The Balaban J connectivity index is 1.59. The maximum atomic E-state index is 12.5. The molecule has 2 N–H and O–H groups in total. The number of hydrogen-bond acceptors (Lipinski definition) is 5. The normalized spacial score (nSPS) is 17.0. The fourth-order valence-corrected chi connectivity index (χ4v) is 3.03. The molecule has 0 bridgehead atoms. The average Bonchev–Trinajstić information content (AvgIpc) is 3.05. The molecule has 25 heavy (non-hydrogen) atoms. The van der Waals surface area contributed by atoms with Gasteiger partial charge in [0.05, 0.1) is 17.9 Å². The molecule has 0 atom stereocenters. The van der Waals surface area contributed by atoms with Crippen molar-refractivity contribution in [3.8, 4) is 5.75 Å². The first kappa shape index (κ1) is 17.7. The zero-order valence-electron chi connectivity index (χ0n) is 13.6. The SMILES string of the molecule is NCc1cn(C2CCN(Cc3ccccc3OC(F)(F)F)CC2)nn1. The molecule has 2 aromatic rings. The Morgan fingerprint density at radius 2 is 1.92 bits per heavy atom. The monoisotopic (exact) mass is 355 g/mol. The van der Waals surface area contributed by atoms with Gasteiger partial charge in [0.25, 0.3) is 0 Å². The first-order chi connectivity index (χ1) is 11.9. The maximum Gasteiger partial charge on any atom is 0.573 e. The Labute approximate surface area is 143 Å². The van der Waals surface area contributed by atoms with Gasteiger partial charge in [-0.2, -0.15) is 0 Å². The van der Waals surface area contributed by atoms with Gasteiger partial charge in [-0.3, -0.25) is 4.90 Å². The minimum Gasteiger partial charge on any atom is -0.405 e. The van der Waals surface area contributed by atoms with Crippen molar-refractivity contribution >= 4 is 0 Å². The average molecular weight is 355 g/mol. The van der Waals surface area contributed by atoms with Gasteiger partial charge in [0.15, 0.2) is 0 Å². The van der Waals surface area contributed by atoms with Crippen molar-refractivity contribution in [2.75, 3.05) is 13.1 Å². The molecule has 1 fully saturated rings. The number of benzene rings is 1. The lowest BCUT2D eigenvalue weighted by atomic mass is 10.0. The summed E-state index contributed by atoms with van der Waals surface area (Å²) in [6, 6.07) is 6.51. The van der Waals surface area contributed by atoms with Crippen LogP contribution < -0.4 is 10.5 Å². The quantitative estimate of drug-likeness (QED) is 0.892. The van der Waals surface area contributed by atoms with E-state index in [4.69, 9.17) is 5.73 Å². The number of ether oxygens (including phenoxy) is 1. The highest BCUT2D eigenvalue weighted by Crippen LogP contribution is 2.29. The van der Waals surface area contributed by atoms with Gasteiger partial charge in [0.2, 0.25) is 0 Å². The van der Waals surface area contributed by atoms with Crippen LogP contribution in [0.1, 0.15) is 30.1 Å². The molecule has 136 valence electrons. The van der Waals surface area contributed by atoms with Crippen LogP contribution in [0.15, 0.2) is 30.5 Å². The molecule has 9 heteroatoms. The summed E-state index contributed by atoms with van der Waals surface area (Å²) in [6.45, 7) is 2.31. The number of para-hydroxylation sites is 1. The fourth-order valence-electron chi connectivity index (χ4n) is 3.03. The molecule has 1 aliphatic rings. The molecule has 6 nitrogen and oxygen atoms in total. The third-order valence-corrected chi connectivity index (χ3v) is 4.29. The zero-order valence-corrected chi connectivity index (χ0v) is 13.6. The van der Waals surface area contributed by atoms with Crippen LogP contribution in [0.25, 0.3) is 0 Å². The smallest absolute Gasteiger partial charge is 0.405 e. The summed E-state index contributed by atoms with van der Waals surface area (Å²) in [7, 11) is 0. The summed E-state index contributed by atoms with van der Waals surface area (Å²) < 4.78 is 43.5. The molecule has 1 aliphatic heterocycles. The molecule has 0 unspecified atom stereocenters. The van der Waals surface area contributed by atoms with E-state index in [9.17, 15) is 13.2 Å². The van der Waals surface area contributed by atoms with Gasteiger partial charge in [0.1, 0.15) is 5.75 Å². The van der Waals surface area contributed by atoms with Crippen molar-refractivity contribution in [2.24, 2.45) is 5.73 Å². The number of rotatable bonds is 5.